The number of rotatable bonds is 2. The summed E-state index contributed by atoms with van der Waals surface area (Å²) in [5, 5.41) is 22.7. The Kier molecular flexibility index (Phi) is 6.88. The first-order chi connectivity index (χ1) is 21.8. The molecule has 6 heterocycles. The summed E-state index contributed by atoms with van der Waals surface area (Å²) in [6, 6.07) is -0.867. The van der Waals surface area contributed by atoms with Crippen LogP contribution in [0.2, 0.25) is 0 Å². The van der Waals surface area contributed by atoms with E-state index < -0.39 is 88.4 Å². The van der Waals surface area contributed by atoms with Crippen LogP contribution in [0.4, 0.5) is 5.82 Å². The van der Waals surface area contributed by atoms with Gasteiger partial charge in [-0.15, -0.1) is 0 Å². The lowest BCUT2D eigenvalue weighted by atomic mass is 10.0. The van der Waals surface area contributed by atoms with Gasteiger partial charge in [-0.05, 0) is 30.8 Å². The fraction of sp³-hybridized carbons (Fsp3) is 0.565. The summed E-state index contributed by atoms with van der Waals surface area (Å²) in [5.74, 6) is -0.138. The fourth-order valence-electron chi connectivity index (χ4n) is 6.86. The van der Waals surface area contributed by atoms with Gasteiger partial charge in [-0.2, -0.15) is 4.37 Å². The Balaban J connectivity index is 1.11. The molecule has 0 aromatic carbocycles. The second-order valence-electron chi connectivity index (χ2n) is 11.7. The molecular formula is C23H26N8O12P2S. The third-order valence-electron chi connectivity index (χ3n) is 9.00. The van der Waals surface area contributed by atoms with Crippen molar-refractivity contribution in [2.24, 2.45) is 11.3 Å². The van der Waals surface area contributed by atoms with Gasteiger partial charge in [-0.1, -0.05) is 0 Å². The second-order valence-corrected chi connectivity index (χ2v) is 15.3. The highest BCUT2D eigenvalue weighted by Gasteiger charge is 2.74. The Labute approximate surface area is 260 Å². The molecule has 0 amide bonds. The Morgan fingerprint density at radius 3 is 2.67 bits per heavy atom. The molecule has 0 bridgehead atoms. The standard InChI is InChI=1S/C23H26N8O12P2S/c1-7-28-21-12(22(34)29-7)27-6-31(21)13-8-2-23(8)4-40-45(37,38)42-16-9(3-39-44(35,36)43-19(23)14(13)32)41-17(15(16)33)18-10-11(30-46-18)20(24)26-5-25-10/h5-6,8-9,13-17,19,32-33H,2-4H2,1H3,(H,35,36)(H,37,38)(H2,24,25,26)(H,28,29,34)/t8-,9-,13-,14+,15-,16-,17-,19+,23?/m1/s1. The predicted octanol–water partition coefficient (Wildman–Crippen LogP) is -0.149. The summed E-state index contributed by atoms with van der Waals surface area (Å²) in [5.41, 5.74) is 4.86. The van der Waals surface area contributed by atoms with E-state index >= 15 is 0 Å². The summed E-state index contributed by atoms with van der Waals surface area (Å²) < 4.78 is 59.9. The third-order valence-corrected chi connectivity index (χ3v) is 11.8. The first-order valence-corrected chi connectivity index (χ1v) is 17.7. The van der Waals surface area contributed by atoms with Crippen molar-refractivity contribution in [3.8, 4) is 0 Å². The largest absolute Gasteiger partial charge is 0.472 e. The quantitative estimate of drug-likeness (QED) is 0.148. The van der Waals surface area contributed by atoms with Crippen LogP contribution >= 0.6 is 27.2 Å². The van der Waals surface area contributed by atoms with Crippen LogP contribution in [0.15, 0.2) is 17.4 Å². The predicted molar refractivity (Wildman–Crippen MR) is 153 cm³/mol. The maximum Gasteiger partial charge on any atom is 0.472 e. The van der Waals surface area contributed by atoms with Crippen LogP contribution in [-0.2, 0) is 32.0 Å². The molecule has 20 nitrogen and oxygen atoms in total. The first kappa shape index (κ1) is 30.5. The Bertz CT molecular complexity index is 2040. The van der Waals surface area contributed by atoms with E-state index in [2.05, 4.69) is 29.3 Å². The second kappa shape index (κ2) is 10.4. The van der Waals surface area contributed by atoms with Crippen molar-refractivity contribution in [1.82, 2.24) is 33.9 Å². The number of anilines is 1. The molecule has 7 N–H and O–H groups in total. The van der Waals surface area contributed by atoms with Gasteiger partial charge in [0.25, 0.3) is 5.56 Å². The zero-order chi connectivity index (χ0) is 32.3. The lowest BCUT2D eigenvalue weighted by Gasteiger charge is -2.31. The van der Waals surface area contributed by atoms with E-state index in [-0.39, 0.29) is 34.4 Å². The highest BCUT2D eigenvalue weighted by molar-refractivity contribution is 7.47. The minimum Gasteiger partial charge on any atom is -0.388 e. The number of nitrogens with zero attached hydrogens (tertiary/aromatic N) is 6. The topological polar surface area (TPSA) is 289 Å². The maximum absolute atomic E-state index is 13.3. The van der Waals surface area contributed by atoms with E-state index in [0.29, 0.717) is 10.7 Å². The third kappa shape index (κ3) is 4.69. The van der Waals surface area contributed by atoms with Gasteiger partial charge < -0.3 is 40.0 Å². The van der Waals surface area contributed by atoms with Crippen LogP contribution in [0.1, 0.15) is 29.3 Å². The number of imidazole rings is 1. The van der Waals surface area contributed by atoms with Crippen molar-refractivity contribution in [3.63, 3.8) is 0 Å². The minimum atomic E-state index is -4.96. The van der Waals surface area contributed by atoms with Gasteiger partial charge in [0.2, 0.25) is 0 Å². The molecule has 0 radical (unpaired) electrons. The molecule has 2 aliphatic heterocycles. The number of aliphatic hydroxyl groups is 2. The number of phosphoric acid groups is 2. The van der Waals surface area contributed by atoms with E-state index in [1.165, 1.54) is 17.2 Å². The molecule has 2 aliphatic carbocycles. The zero-order valence-electron chi connectivity index (χ0n) is 23.5. The number of aliphatic hydroxyl groups excluding tert-OH is 2. The summed E-state index contributed by atoms with van der Waals surface area (Å²) >= 11 is 0.903. The normalized spacial score (nSPS) is 41.1. The number of fused-ring (bicyclic) bond motifs is 3. The van der Waals surface area contributed by atoms with Crippen molar-refractivity contribution in [1.29, 1.82) is 0 Å². The van der Waals surface area contributed by atoms with Gasteiger partial charge in [-0.25, -0.2) is 29.1 Å². The Morgan fingerprint density at radius 1 is 1.09 bits per heavy atom. The van der Waals surface area contributed by atoms with E-state index in [1.54, 1.807) is 6.92 Å². The number of ether oxygens (including phenoxy) is 1. The maximum atomic E-state index is 13.3. The van der Waals surface area contributed by atoms with Crippen LogP contribution in [-0.4, -0.2) is 97.6 Å². The van der Waals surface area contributed by atoms with E-state index in [0.717, 1.165) is 11.5 Å². The van der Waals surface area contributed by atoms with Crippen LogP contribution in [0.3, 0.4) is 0 Å². The fourth-order valence-corrected chi connectivity index (χ4v) is 9.81. The lowest BCUT2D eigenvalue weighted by Crippen LogP contribution is -2.39. The molecule has 2 saturated carbocycles. The molecule has 1 spiro atoms. The van der Waals surface area contributed by atoms with Crippen LogP contribution < -0.4 is 11.3 Å². The molecule has 246 valence electrons. The summed E-state index contributed by atoms with van der Waals surface area (Å²) in [6.45, 7) is 0.295. The zero-order valence-corrected chi connectivity index (χ0v) is 26.1. The Hall–Kier alpha value is -2.78. The average Bonchev–Trinajstić information content (AvgIpc) is 3.25. The van der Waals surface area contributed by atoms with Crippen molar-refractivity contribution in [2.45, 2.75) is 56.0 Å². The molecule has 46 heavy (non-hydrogen) atoms. The smallest absolute Gasteiger partial charge is 0.388 e. The molecular weight excluding hydrogens is 674 g/mol. The molecule has 3 unspecified atom stereocenters. The molecule has 23 heteroatoms. The summed E-state index contributed by atoms with van der Waals surface area (Å²) in [7, 11) is -9.92. The van der Waals surface area contributed by atoms with E-state index in [9.17, 15) is 33.9 Å². The number of phosphoric ester groups is 2. The number of aromatic amines is 1. The minimum absolute atomic E-state index is 0.0191. The highest BCUT2D eigenvalue weighted by atomic mass is 32.1. The molecule has 11 atom stereocenters. The summed E-state index contributed by atoms with van der Waals surface area (Å²) in [4.78, 5) is 53.4. The number of H-pyrrole nitrogens is 1. The number of nitrogens with two attached hydrogens (primary N) is 1. The highest BCUT2D eigenvalue weighted by Crippen LogP contribution is 2.72. The molecule has 8 rings (SSSR count). The molecule has 4 fully saturated rings. The number of aromatic nitrogens is 7. The number of nitrogen functional groups attached to an aromatic ring is 1. The number of hydrogen-bond acceptors (Lipinski definition) is 17. The molecule has 4 aliphatic rings. The first-order valence-electron chi connectivity index (χ1n) is 13.9. The van der Waals surface area contributed by atoms with Crippen molar-refractivity contribution in [2.75, 3.05) is 18.9 Å². The number of aryl methyl sites for hydroxylation is 1. The number of hydrogen-bond donors (Lipinski definition) is 6. The number of nitrogens with one attached hydrogen (secondary N) is 1. The van der Waals surface area contributed by atoms with Gasteiger partial charge in [0.15, 0.2) is 17.0 Å². The molecule has 4 aromatic rings. The lowest BCUT2D eigenvalue weighted by molar-refractivity contribution is -0.0592. The van der Waals surface area contributed by atoms with Gasteiger partial charge >= 0.3 is 15.6 Å². The van der Waals surface area contributed by atoms with Gasteiger partial charge in [0, 0.05) is 5.41 Å². The SMILES string of the molecule is Cc1nc2c(ncn2[C@H]2[C@H](O)[C@@H]3OP(=O)(O)OC[C@H]4O[C@@H](c5snc6c(N)ncnc56)[C@H](O)[C@@H]4OP(=O)(O)OCC34C[C@H]24)c(=O)[nH]1. The monoisotopic (exact) mass is 700 g/mol. The average molecular weight is 701 g/mol. The van der Waals surface area contributed by atoms with E-state index in [1.807, 2.05) is 0 Å². The van der Waals surface area contributed by atoms with Crippen molar-refractivity contribution >= 4 is 55.2 Å². The van der Waals surface area contributed by atoms with Crippen LogP contribution in [0.5, 0.6) is 0 Å². The van der Waals surface area contributed by atoms with Gasteiger partial charge in [-0.3, -0.25) is 22.9 Å². The van der Waals surface area contributed by atoms with Crippen LogP contribution in [0, 0.1) is 18.3 Å². The summed E-state index contributed by atoms with van der Waals surface area (Å²) in [6.07, 6.45) is -5.94. The van der Waals surface area contributed by atoms with Gasteiger partial charge in [0.1, 0.15) is 59.8 Å². The molecule has 2 saturated heterocycles. The van der Waals surface area contributed by atoms with Crippen molar-refractivity contribution < 1.29 is 52.0 Å². The molecule has 4 aromatic heterocycles. The van der Waals surface area contributed by atoms with Crippen molar-refractivity contribution in [3.05, 3.63) is 33.7 Å². The van der Waals surface area contributed by atoms with Gasteiger partial charge in [0.05, 0.1) is 30.5 Å². The van der Waals surface area contributed by atoms with E-state index in [4.69, 9.17) is 28.6 Å². The Morgan fingerprint density at radius 2 is 1.87 bits per heavy atom. The van der Waals surface area contributed by atoms with Crippen LogP contribution in [0.25, 0.3) is 22.2 Å².